The summed E-state index contributed by atoms with van der Waals surface area (Å²) in [6.45, 7) is 4.03. The van der Waals surface area contributed by atoms with E-state index in [1.165, 1.54) is 0 Å². The molecule has 1 fully saturated rings. The molecule has 2 rings (SSSR count). The summed E-state index contributed by atoms with van der Waals surface area (Å²) in [6.07, 6.45) is 3.63. The normalized spacial score (nSPS) is 23.0. The predicted molar refractivity (Wildman–Crippen MR) is 74.3 cm³/mol. The zero-order valence-electron chi connectivity index (χ0n) is 12.2. The molecule has 0 radical (unpaired) electrons. The molecule has 1 amide bonds. The first-order valence-electron chi connectivity index (χ1n) is 7.12. The zero-order valence-corrected chi connectivity index (χ0v) is 12.2. The molecule has 2 heterocycles. The van der Waals surface area contributed by atoms with Crippen LogP contribution in [0, 0.1) is 5.92 Å². The van der Waals surface area contributed by atoms with Crippen molar-refractivity contribution in [2.75, 3.05) is 33.5 Å². The van der Waals surface area contributed by atoms with Crippen LogP contribution in [0.3, 0.4) is 0 Å². The van der Waals surface area contributed by atoms with Crippen molar-refractivity contribution in [1.29, 1.82) is 0 Å². The van der Waals surface area contributed by atoms with Crippen molar-refractivity contribution in [3.8, 4) is 0 Å². The molecule has 0 N–H and O–H groups in total. The first-order chi connectivity index (χ1) is 9.72. The second-order valence-corrected chi connectivity index (χ2v) is 5.29. The fourth-order valence-electron chi connectivity index (χ4n) is 2.58. The maximum absolute atomic E-state index is 12.3. The Morgan fingerprint density at radius 3 is 3.05 bits per heavy atom. The van der Waals surface area contributed by atoms with E-state index in [4.69, 9.17) is 13.9 Å². The van der Waals surface area contributed by atoms with E-state index in [1.807, 2.05) is 17.0 Å². The molecule has 1 saturated heterocycles. The zero-order chi connectivity index (χ0) is 14.4. The van der Waals surface area contributed by atoms with Crippen molar-refractivity contribution < 1.29 is 18.7 Å². The lowest BCUT2D eigenvalue weighted by Crippen LogP contribution is -2.42. The van der Waals surface area contributed by atoms with Gasteiger partial charge in [-0.15, -0.1) is 0 Å². The summed E-state index contributed by atoms with van der Waals surface area (Å²) in [5.74, 6) is 1.49. The molecule has 1 aliphatic heterocycles. The fraction of sp³-hybridized carbons (Fsp3) is 0.667. The van der Waals surface area contributed by atoms with Gasteiger partial charge in [-0.25, -0.2) is 0 Å². The number of nitrogens with zero attached hydrogens (tertiary/aromatic N) is 1. The molecule has 112 valence electrons. The molecular formula is C15H23NO4. The number of carbonyl (C=O) groups is 1. The lowest BCUT2D eigenvalue weighted by molar-refractivity contribution is -0.141. The number of piperidine rings is 1. The highest BCUT2D eigenvalue weighted by atomic mass is 16.5. The van der Waals surface area contributed by atoms with Crippen molar-refractivity contribution >= 4 is 5.91 Å². The first-order valence-corrected chi connectivity index (χ1v) is 7.12. The summed E-state index contributed by atoms with van der Waals surface area (Å²) in [5.41, 5.74) is 0. The van der Waals surface area contributed by atoms with Gasteiger partial charge < -0.3 is 18.8 Å². The Bertz CT molecular complexity index is 404. The van der Waals surface area contributed by atoms with Gasteiger partial charge in [0.15, 0.2) is 0 Å². The third-order valence-electron chi connectivity index (χ3n) is 3.71. The molecule has 0 aliphatic carbocycles. The molecule has 1 aromatic rings. The highest BCUT2D eigenvalue weighted by Gasteiger charge is 2.32. The largest absolute Gasteiger partial charge is 0.467 e. The molecule has 1 aliphatic rings. The average Bonchev–Trinajstić information content (AvgIpc) is 2.97. The second-order valence-electron chi connectivity index (χ2n) is 5.29. The van der Waals surface area contributed by atoms with E-state index in [0.717, 1.165) is 25.1 Å². The quantitative estimate of drug-likeness (QED) is 0.750. The number of methoxy groups -OCH3 is 1. The van der Waals surface area contributed by atoms with Crippen LogP contribution in [0.25, 0.3) is 0 Å². The van der Waals surface area contributed by atoms with E-state index in [9.17, 15) is 4.79 Å². The van der Waals surface area contributed by atoms with Crippen molar-refractivity contribution in [2.45, 2.75) is 25.8 Å². The molecule has 5 nitrogen and oxygen atoms in total. The predicted octanol–water partition coefficient (Wildman–Crippen LogP) is 2.24. The number of furan rings is 1. The van der Waals surface area contributed by atoms with Crippen LogP contribution >= 0.6 is 0 Å². The van der Waals surface area contributed by atoms with Gasteiger partial charge in [-0.1, -0.05) is 6.92 Å². The molecule has 1 aromatic heterocycles. The summed E-state index contributed by atoms with van der Waals surface area (Å²) in [5, 5.41) is 0. The van der Waals surface area contributed by atoms with Gasteiger partial charge in [0, 0.05) is 13.7 Å². The number of likely N-dealkylation sites (tertiary alicyclic amines) is 1. The van der Waals surface area contributed by atoms with Gasteiger partial charge in [0.1, 0.15) is 12.4 Å². The number of carbonyl (C=O) groups excluding carboxylic acids is 1. The smallest absolute Gasteiger partial charge is 0.249 e. The maximum atomic E-state index is 12.3. The van der Waals surface area contributed by atoms with E-state index < -0.39 is 0 Å². The Hall–Kier alpha value is -1.33. The second kappa shape index (κ2) is 7.45. The van der Waals surface area contributed by atoms with Crippen molar-refractivity contribution in [3.05, 3.63) is 24.2 Å². The van der Waals surface area contributed by atoms with Gasteiger partial charge in [-0.2, -0.15) is 0 Å². The number of amides is 1. The number of ether oxygens (including phenoxy) is 2. The van der Waals surface area contributed by atoms with Crippen molar-refractivity contribution in [1.82, 2.24) is 4.90 Å². The van der Waals surface area contributed by atoms with E-state index in [1.54, 1.807) is 13.4 Å². The lowest BCUT2D eigenvalue weighted by atomic mass is 9.91. The van der Waals surface area contributed by atoms with Crippen LogP contribution in [0.15, 0.2) is 22.8 Å². The summed E-state index contributed by atoms with van der Waals surface area (Å²) in [4.78, 5) is 14.2. The molecular weight excluding hydrogens is 258 g/mol. The Morgan fingerprint density at radius 2 is 2.35 bits per heavy atom. The molecule has 0 saturated carbocycles. The summed E-state index contributed by atoms with van der Waals surface area (Å²) in [7, 11) is 1.62. The van der Waals surface area contributed by atoms with E-state index >= 15 is 0 Å². The minimum Gasteiger partial charge on any atom is -0.467 e. The summed E-state index contributed by atoms with van der Waals surface area (Å²) >= 11 is 0. The Kier molecular flexibility index (Phi) is 5.61. The monoisotopic (exact) mass is 281 g/mol. The Morgan fingerprint density at radius 1 is 1.50 bits per heavy atom. The van der Waals surface area contributed by atoms with Crippen LogP contribution < -0.4 is 0 Å². The third-order valence-corrected chi connectivity index (χ3v) is 3.71. The fourth-order valence-corrected chi connectivity index (χ4v) is 2.58. The van der Waals surface area contributed by atoms with Crippen LogP contribution in [0.5, 0.6) is 0 Å². The van der Waals surface area contributed by atoms with Gasteiger partial charge in [-0.05, 0) is 30.9 Å². The minimum absolute atomic E-state index is 0.0226. The topological polar surface area (TPSA) is 51.9 Å². The molecule has 20 heavy (non-hydrogen) atoms. The van der Waals surface area contributed by atoms with Crippen LogP contribution in [-0.4, -0.2) is 44.3 Å². The van der Waals surface area contributed by atoms with Crippen molar-refractivity contribution in [3.63, 3.8) is 0 Å². The SMILES string of the molecule is COCCOCC(=O)N1CC[C@H](C)C[C@@H]1c1ccco1. The third kappa shape index (κ3) is 3.84. The van der Waals surface area contributed by atoms with E-state index in [0.29, 0.717) is 19.1 Å². The molecule has 0 spiro atoms. The van der Waals surface area contributed by atoms with E-state index in [2.05, 4.69) is 6.92 Å². The van der Waals surface area contributed by atoms with Crippen LogP contribution in [0.4, 0.5) is 0 Å². The minimum atomic E-state index is 0.0226. The van der Waals surface area contributed by atoms with Crippen LogP contribution in [0.2, 0.25) is 0 Å². The van der Waals surface area contributed by atoms with Crippen LogP contribution in [-0.2, 0) is 14.3 Å². The number of hydrogen-bond donors (Lipinski definition) is 0. The summed E-state index contributed by atoms with van der Waals surface area (Å²) < 4.78 is 15.7. The van der Waals surface area contributed by atoms with Crippen molar-refractivity contribution in [2.24, 2.45) is 5.92 Å². The number of hydrogen-bond acceptors (Lipinski definition) is 4. The van der Waals surface area contributed by atoms with Gasteiger partial charge in [0.2, 0.25) is 5.91 Å². The first kappa shape index (κ1) is 15.1. The molecule has 2 atom stereocenters. The highest BCUT2D eigenvalue weighted by Crippen LogP contribution is 2.34. The average molecular weight is 281 g/mol. The molecule has 0 unspecified atom stereocenters. The Labute approximate surface area is 119 Å². The van der Waals surface area contributed by atoms with Gasteiger partial charge in [0.25, 0.3) is 0 Å². The molecule has 5 heteroatoms. The highest BCUT2D eigenvalue weighted by molar-refractivity contribution is 5.78. The van der Waals surface area contributed by atoms with Crippen LogP contribution in [0.1, 0.15) is 31.6 Å². The van der Waals surface area contributed by atoms with Gasteiger partial charge >= 0.3 is 0 Å². The molecule has 0 aromatic carbocycles. The Balaban J connectivity index is 1.94. The number of rotatable bonds is 6. The van der Waals surface area contributed by atoms with Gasteiger partial charge in [-0.3, -0.25) is 4.79 Å². The standard InChI is InChI=1S/C15H23NO4/c1-12-5-6-16(15(17)11-19-9-8-18-2)13(10-12)14-4-3-7-20-14/h3-4,7,12-13H,5-6,8-11H2,1-2H3/t12-,13+/m0/s1. The maximum Gasteiger partial charge on any atom is 0.249 e. The summed E-state index contributed by atoms with van der Waals surface area (Å²) in [6, 6.07) is 3.84. The van der Waals surface area contributed by atoms with Gasteiger partial charge in [0.05, 0.1) is 25.5 Å². The van der Waals surface area contributed by atoms with E-state index in [-0.39, 0.29) is 18.6 Å². The molecule has 0 bridgehead atoms. The lowest BCUT2D eigenvalue weighted by Gasteiger charge is -2.37.